The Labute approximate surface area is 114 Å². The summed E-state index contributed by atoms with van der Waals surface area (Å²) in [6.07, 6.45) is 8.39. The minimum Gasteiger partial charge on any atom is -0.476 e. The van der Waals surface area contributed by atoms with E-state index in [0.717, 1.165) is 18.7 Å². The predicted molar refractivity (Wildman–Crippen MR) is 74.1 cm³/mol. The summed E-state index contributed by atoms with van der Waals surface area (Å²) in [6, 6.07) is 1.92. The molecule has 100 valence electrons. The molecule has 0 bridgehead atoms. The zero-order valence-electron chi connectivity index (χ0n) is 10.9. The molecular weight excluding hydrogens is 248 g/mol. The Morgan fingerprint density at radius 1 is 1.39 bits per heavy atom. The van der Waals surface area contributed by atoms with Gasteiger partial charge in [-0.2, -0.15) is 0 Å². The molecule has 1 heterocycles. The van der Waals surface area contributed by atoms with E-state index in [-0.39, 0.29) is 0 Å². The molecule has 1 aromatic rings. The minimum absolute atomic E-state index is 0.571. The number of rotatable bonds is 5. The fraction of sp³-hybridized carbons (Fsp3) is 0.643. The molecular formula is C14H21ClN2O. The Bertz CT molecular complexity index is 378. The summed E-state index contributed by atoms with van der Waals surface area (Å²) >= 11 is 6.17. The van der Waals surface area contributed by atoms with Gasteiger partial charge in [-0.05, 0) is 37.4 Å². The number of ether oxygens (including phenoxy) is 1. The second-order valence-electron chi connectivity index (χ2n) is 4.98. The van der Waals surface area contributed by atoms with Crippen molar-refractivity contribution in [3.05, 3.63) is 22.8 Å². The van der Waals surface area contributed by atoms with E-state index in [9.17, 15) is 0 Å². The van der Waals surface area contributed by atoms with E-state index >= 15 is 0 Å². The van der Waals surface area contributed by atoms with Crippen molar-refractivity contribution >= 4 is 11.6 Å². The summed E-state index contributed by atoms with van der Waals surface area (Å²) in [5.74, 6) is 1.25. The second-order valence-corrected chi connectivity index (χ2v) is 5.38. The van der Waals surface area contributed by atoms with E-state index in [1.54, 1.807) is 0 Å². The molecule has 0 unspecified atom stereocenters. The summed E-state index contributed by atoms with van der Waals surface area (Å²) in [7, 11) is 1.90. The van der Waals surface area contributed by atoms with Gasteiger partial charge in [0.15, 0.2) is 0 Å². The van der Waals surface area contributed by atoms with Crippen molar-refractivity contribution in [3.63, 3.8) is 0 Å². The van der Waals surface area contributed by atoms with Crippen molar-refractivity contribution in [3.8, 4) is 5.88 Å². The van der Waals surface area contributed by atoms with Crippen LogP contribution in [0.1, 0.15) is 37.7 Å². The largest absolute Gasteiger partial charge is 0.476 e. The highest BCUT2D eigenvalue weighted by molar-refractivity contribution is 6.31. The third-order valence-electron chi connectivity index (χ3n) is 3.43. The highest BCUT2D eigenvalue weighted by Gasteiger charge is 2.15. The van der Waals surface area contributed by atoms with Crippen LogP contribution in [0.4, 0.5) is 0 Å². The van der Waals surface area contributed by atoms with Crippen molar-refractivity contribution in [1.29, 1.82) is 0 Å². The second kappa shape index (κ2) is 6.95. The van der Waals surface area contributed by atoms with Gasteiger partial charge in [-0.15, -0.1) is 0 Å². The fourth-order valence-electron chi connectivity index (χ4n) is 2.42. The number of halogens is 1. The molecule has 0 spiro atoms. The molecule has 0 radical (unpaired) electrons. The number of hydrogen-bond acceptors (Lipinski definition) is 3. The van der Waals surface area contributed by atoms with E-state index in [4.69, 9.17) is 16.3 Å². The topological polar surface area (TPSA) is 34.2 Å². The van der Waals surface area contributed by atoms with E-state index in [0.29, 0.717) is 16.8 Å². The average molecular weight is 269 g/mol. The molecule has 0 saturated heterocycles. The van der Waals surface area contributed by atoms with Crippen LogP contribution in [0, 0.1) is 5.92 Å². The maximum absolute atomic E-state index is 6.17. The Balaban J connectivity index is 1.88. The highest BCUT2D eigenvalue weighted by atomic mass is 35.5. The first-order chi connectivity index (χ1) is 8.79. The van der Waals surface area contributed by atoms with Gasteiger partial charge < -0.3 is 10.1 Å². The summed E-state index contributed by atoms with van der Waals surface area (Å²) in [4.78, 5) is 4.29. The van der Waals surface area contributed by atoms with Crippen LogP contribution in [-0.2, 0) is 6.54 Å². The van der Waals surface area contributed by atoms with Crippen LogP contribution < -0.4 is 10.1 Å². The molecule has 2 rings (SSSR count). The average Bonchev–Trinajstić information content (AvgIpc) is 2.39. The summed E-state index contributed by atoms with van der Waals surface area (Å²) in [6.45, 7) is 1.52. The van der Waals surface area contributed by atoms with Gasteiger partial charge in [-0.1, -0.05) is 30.9 Å². The van der Waals surface area contributed by atoms with E-state index in [1.807, 2.05) is 19.3 Å². The van der Waals surface area contributed by atoms with Gasteiger partial charge >= 0.3 is 0 Å². The van der Waals surface area contributed by atoms with Crippen molar-refractivity contribution in [2.45, 2.75) is 38.6 Å². The maximum Gasteiger partial charge on any atom is 0.232 e. The van der Waals surface area contributed by atoms with Crippen molar-refractivity contribution in [2.24, 2.45) is 5.92 Å². The van der Waals surface area contributed by atoms with E-state index in [1.165, 1.54) is 32.1 Å². The van der Waals surface area contributed by atoms with Gasteiger partial charge in [0.1, 0.15) is 5.02 Å². The van der Waals surface area contributed by atoms with Gasteiger partial charge in [0.25, 0.3) is 0 Å². The van der Waals surface area contributed by atoms with E-state index < -0.39 is 0 Å². The molecule has 1 aliphatic carbocycles. The molecule has 0 amide bonds. The first kappa shape index (κ1) is 13.6. The lowest BCUT2D eigenvalue weighted by Gasteiger charge is -2.21. The predicted octanol–water partition coefficient (Wildman–Crippen LogP) is 3.41. The van der Waals surface area contributed by atoms with Crippen LogP contribution in [0.15, 0.2) is 12.3 Å². The molecule has 1 fully saturated rings. The number of nitrogens with one attached hydrogen (secondary N) is 1. The van der Waals surface area contributed by atoms with Crippen molar-refractivity contribution in [1.82, 2.24) is 10.3 Å². The smallest absolute Gasteiger partial charge is 0.232 e. The van der Waals surface area contributed by atoms with Gasteiger partial charge in [0, 0.05) is 12.7 Å². The number of hydrogen-bond donors (Lipinski definition) is 1. The Morgan fingerprint density at radius 3 is 2.83 bits per heavy atom. The van der Waals surface area contributed by atoms with Crippen LogP contribution in [0.5, 0.6) is 5.88 Å². The van der Waals surface area contributed by atoms with Gasteiger partial charge in [0.05, 0.1) is 6.61 Å². The van der Waals surface area contributed by atoms with Gasteiger partial charge in [-0.25, -0.2) is 4.98 Å². The van der Waals surface area contributed by atoms with E-state index in [2.05, 4.69) is 10.3 Å². The lowest BCUT2D eigenvalue weighted by atomic mass is 9.90. The first-order valence-corrected chi connectivity index (χ1v) is 7.09. The molecule has 1 aromatic heterocycles. The number of pyridine rings is 1. The normalized spacial score (nSPS) is 16.8. The Kier molecular flexibility index (Phi) is 5.26. The number of aromatic nitrogens is 1. The molecule has 1 N–H and O–H groups in total. The lowest BCUT2D eigenvalue weighted by molar-refractivity contribution is 0.203. The molecule has 0 aromatic carbocycles. The van der Waals surface area contributed by atoms with Crippen LogP contribution in [0.2, 0.25) is 5.02 Å². The molecule has 3 nitrogen and oxygen atoms in total. The molecule has 0 atom stereocenters. The van der Waals surface area contributed by atoms with Crippen LogP contribution >= 0.6 is 11.6 Å². The summed E-state index contributed by atoms with van der Waals surface area (Å²) in [5.41, 5.74) is 1.08. The SMILES string of the molecule is CNCc1cnc(OCC2CCCCC2)c(Cl)c1. The van der Waals surface area contributed by atoms with Crippen LogP contribution in [-0.4, -0.2) is 18.6 Å². The Morgan fingerprint density at radius 2 is 2.17 bits per heavy atom. The first-order valence-electron chi connectivity index (χ1n) is 6.71. The van der Waals surface area contributed by atoms with Crippen LogP contribution in [0.3, 0.4) is 0 Å². The third kappa shape index (κ3) is 3.85. The van der Waals surface area contributed by atoms with Gasteiger partial charge in [-0.3, -0.25) is 0 Å². The van der Waals surface area contributed by atoms with Gasteiger partial charge in [0.2, 0.25) is 5.88 Å². The monoisotopic (exact) mass is 268 g/mol. The van der Waals surface area contributed by atoms with Crippen LogP contribution in [0.25, 0.3) is 0 Å². The highest BCUT2D eigenvalue weighted by Crippen LogP contribution is 2.27. The maximum atomic E-state index is 6.17. The lowest BCUT2D eigenvalue weighted by Crippen LogP contribution is -2.16. The minimum atomic E-state index is 0.571. The number of nitrogens with zero attached hydrogens (tertiary/aromatic N) is 1. The standard InChI is InChI=1S/C14H21ClN2O/c1-16-8-12-7-13(15)14(17-9-12)18-10-11-5-3-2-4-6-11/h7,9,11,16H,2-6,8,10H2,1H3. The third-order valence-corrected chi connectivity index (χ3v) is 3.70. The zero-order valence-corrected chi connectivity index (χ0v) is 11.7. The summed E-state index contributed by atoms with van der Waals surface area (Å²) < 4.78 is 5.75. The quantitative estimate of drug-likeness (QED) is 0.889. The molecule has 0 aliphatic heterocycles. The Hall–Kier alpha value is -0.800. The summed E-state index contributed by atoms with van der Waals surface area (Å²) in [5, 5.41) is 3.68. The zero-order chi connectivity index (χ0) is 12.8. The van der Waals surface area contributed by atoms with Crippen molar-refractivity contribution < 1.29 is 4.74 Å². The molecule has 1 saturated carbocycles. The molecule has 1 aliphatic rings. The fourth-order valence-corrected chi connectivity index (χ4v) is 2.67. The molecule has 18 heavy (non-hydrogen) atoms. The van der Waals surface area contributed by atoms with Crippen molar-refractivity contribution in [2.75, 3.05) is 13.7 Å². The molecule has 4 heteroatoms.